The molecule has 1 unspecified atom stereocenters. The lowest BCUT2D eigenvalue weighted by molar-refractivity contribution is -0.153. The largest absolute Gasteiger partial charge is 0.465 e. The number of halogens is 1. The van der Waals surface area contributed by atoms with Crippen molar-refractivity contribution in [3.8, 4) is 0 Å². The van der Waals surface area contributed by atoms with E-state index in [0.29, 0.717) is 23.9 Å². The van der Waals surface area contributed by atoms with Gasteiger partial charge in [-0.25, -0.2) is 0 Å². The first kappa shape index (κ1) is 27.3. The Morgan fingerprint density at radius 3 is 2.71 bits per heavy atom. The number of aliphatic hydroxyl groups excluding tert-OH is 1. The second kappa shape index (κ2) is 11.1. The Hall–Kier alpha value is -2.29. The van der Waals surface area contributed by atoms with Gasteiger partial charge in [0.25, 0.3) is 5.91 Å². The zero-order chi connectivity index (χ0) is 27.0. The smallest absolute Gasteiger partial charge is 0.311 e. The number of ether oxygens (including phenoxy) is 1. The number of para-hydroxylation sites is 1. The predicted octanol–water partition coefficient (Wildman–Crippen LogP) is 4.23. The number of carbonyl (C=O) groups is 3. The zero-order valence-electron chi connectivity index (χ0n) is 21.8. The highest BCUT2D eigenvalue weighted by atomic mass is 35.5. The van der Waals surface area contributed by atoms with Crippen LogP contribution in [0.25, 0.3) is 0 Å². The molecule has 204 valence electrons. The first-order chi connectivity index (χ1) is 18.4. The highest BCUT2D eigenvalue weighted by Crippen LogP contribution is 2.61. The summed E-state index contributed by atoms with van der Waals surface area (Å²) in [5, 5.41) is 10.7. The summed E-state index contributed by atoms with van der Waals surface area (Å²) in [6, 6.07) is 5.71. The summed E-state index contributed by atoms with van der Waals surface area (Å²) in [6.07, 6.45) is 11.3. The van der Waals surface area contributed by atoms with Crippen molar-refractivity contribution >= 4 is 46.8 Å². The molecule has 0 aromatic heterocycles. The van der Waals surface area contributed by atoms with E-state index in [1.54, 1.807) is 21.9 Å². The summed E-state index contributed by atoms with van der Waals surface area (Å²) < 4.78 is 4.70. The Labute approximate surface area is 233 Å². The van der Waals surface area contributed by atoms with Crippen molar-refractivity contribution in [1.29, 1.82) is 0 Å². The molecule has 1 spiro atoms. The average Bonchev–Trinajstić information content (AvgIpc) is 3.30. The fraction of sp³-hybridized carbons (Fsp3) is 0.552. The molecular formula is C29H35ClN2O5S. The van der Waals surface area contributed by atoms with E-state index in [9.17, 15) is 19.5 Å². The molecule has 1 aromatic carbocycles. The van der Waals surface area contributed by atoms with Crippen LogP contribution in [0.4, 0.5) is 5.69 Å². The zero-order valence-corrected chi connectivity index (χ0v) is 23.4. The van der Waals surface area contributed by atoms with E-state index in [-0.39, 0.29) is 35.6 Å². The van der Waals surface area contributed by atoms with Gasteiger partial charge >= 0.3 is 5.97 Å². The number of thioether (sulfide) groups is 1. The van der Waals surface area contributed by atoms with Crippen LogP contribution in [0, 0.1) is 17.8 Å². The normalized spacial score (nSPS) is 33.6. The molecule has 38 heavy (non-hydrogen) atoms. The highest BCUT2D eigenvalue weighted by molar-refractivity contribution is 8.02. The van der Waals surface area contributed by atoms with Crippen LogP contribution in [0.3, 0.4) is 0 Å². The summed E-state index contributed by atoms with van der Waals surface area (Å²) in [6.45, 7) is 4.33. The lowest BCUT2D eigenvalue weighted by Crippen LogP contribution is -2.58. The molecule has 0 saturated carbocycles. The molecule has 4 aliphatic heterocycles. The Bertz CT molecular complexity index is 1160. The molecule has 4 heterocycles. The summed E-state index contributed by atoms with van der Waals surface area (Å²) in [7, 11) is 0. The number of amides is 2. The minimum atomic E-state index is -0.974. The van der Waals surface area contributed by atoms with Crippen molar-refractivity contribution in [3.63, 3.8) is 0 Å². The Morgan fingerprint density at radius 1 is 1.18 bits per heavy atom. The molecule has 7 atom stereocenters. The van der Waals surface area contributed by atoms with Crippen LogP contribution in [-0.2, 0) is 19.1 Å². The number of rotatable bonds is 5. The quantitative estimate of drug-likeness (QED) is 0.430. The molecule has 0 bridgehead atoms. The maximum atomic E-state index is 14.5. The summed E-state index contributed by atoms with van der Waals surface area (Å²) in [5.74, 6) is -2.45. The van der Waals surface area contributed by atoms with E-state index in [2.05, 4.69) is 6.08 Å². The highest BCUT2D eigenvalue weighted by Gasteiger charge is 2.72. The number of hydrogen-bond donors (Lipinski definition) is 1. The fourth-order valence-electron chi connectivity index (χ4n) is 6.41. The lowest BCUT2D eigenvalue weighted by atomic mass is 9.78. The van der Waals surface area contributed by atoms with Gasteiger partial charge in [0.1, 0.15) is 6.04 Å². The summed E-state index contributed by atoms with van der Waals surface area (Å²) in [4.78, 5) is 45.7. The number of benzene rings is 1. The molecular weight excluding hydrogens is 524 g/mol. The molecule has 7 nitrogen and oxygen atoms in total. The predicted molar refractivity (Wildman–Crippen MR) is 149 cm³/mol. The second-order valence-corrected chi connectivity index (χ2v) is 12.5. The van der Waals surface area contributed by atoms with Crippen molar-refractivity contribution in [1.82, 2.24) is 4.90 Å². The summed E-state index contributed by atoms with van der Waals surface area (Å²) in [5.41, 5.74) is 0.571. The van der Waals surface area contributed by atoms with Crippen molar-refractivity contribution in [2.45, 2.75) is 61.6 Å². The van der Waals surface area contributed by atoms with Gasteiger partial charge in [0.2, 0.25) is 5.91 Å². The molecule has 5 rings (SSSR count). The molecule has 2 saturated heterocycles. The maximum Gasteiger partial charge on any atom is 0.311 e. The number of fused-ring (bicyclic) bond motifs is 2. The van der Waals surface area contributed by atoms with Gasteiger partial charge in [0.15, 0.2) is 0 Å². The SMILES string of the molecule is CC[C@H](C)[C@H](CO)N1C(=O)[C@@H]2[C@@H]3C(=O)OCCCC/C=C\[C@@H]3S[C@@]23C=CCN(c2ccccc2Cl)C(=O)C13. The van der Waals surface area contributed by atoms with Crippen molar-refractivity contribution in [3.05, 3.63) is 53.6 Å². The molecule has 1 N–H and O–H groups in total. The van der Waals surface area contributed by atoms with Crippen LogP contribution < -0.4 is 4.90 Å². The molecule has 9 heteroatoms. The number of hydrogen-bond acceptors (Lipinski definition) is 6. The molecule has 0 aliphatic carbocycles. The fourth-order valence-corrected chi connectivity index (χ4v) is 8.64. The van der Waals surface area contributed by atoms with Gasteiger partial charge in [-0.3, -0.25) is 14.4 Å². The van der Waals surface area contributed by atoms with Gasteiger partial charge in [0, 0.05) is 11.8 Å². The number of anilines is 1. The monoisotopic (exact) mass is 558 g/mol. The van der Waals surface area contributed by atoms with Crippen LogP contribution in [0.5, 0.6) is 0 Å². The van der Waals surface area contributed by atoms with Crippen molar-refractivity contribution in [2.24, 2.45) is 17.8 Å². The van der Waals surface area contributed by atoms with Crippen LogP contribution >= 0.6 is 23.4 Å². The number of aliphatic hydroxyl groups is 1. The second-order valence-electron chi connectivity index (χ2n) is 10.6. The van der Waals surface area contributed by atoms with E-state index in [4.69, 9.17) is 16.3 Å². The third-order valence-corrected chi connectivity index (χ3v) is 10.6. The van der Waals surface area contributed by atoms with E-state index >= 15 is 0 Å². The van der Waals surface area contributed by atoms with Gasteiger partial charge in [0.05, 0.1) is 46.5 Å². The molecule has 2 amide bonds. The first-order valence-electron chi connectivity index (χ1n) is 13.5. The molecule has 4 aliphatic rings. The van der Waals surface area contributed by atoms with Gasteiger partial charge in [-0.1, -0.05) is 68.3 Å². The molecule has 0 radical (unpaired) electrons. The minimum absolute atomic E-state index is 0.0506. The van der Waals surface area contributed by atoms with Gasteiger partial charge in [-0.2, -0.15) is 0 Å². The molecule has 1 aromatic rings. The Morgan fingerprint density at radius 2 is 1.97 bits per heavy atom. The third-order valence-electron chi connectivity index (χ3n) is 8.53. The maximum absolute atomic E-state index is 14.5. The van der Waals surface area contributed by atoms with E-state index in [1.165, 1.54) is 11.8 Å². The van der Waals surface area contributed by atoms with Gasteiger partial charge < -0.3 is 19.6 Å². The number of carbonyl (C=O) groups excluding carboxylic acids is 3. The van der Waals surface area contributed by atoms with E-state index in [1.807, 2.05) is 44.2 Å². The Kier molecular flexibility index (Phi) is 7.94. The van der Waals surface area contributed by atoms with Crippen LogP contribution in [0.15, 0.2) is 48.6 Å². The van der Waals surface area contributed by atoms with E-state index < -0.39 is 28.7 Å². The van der Waals surface area contributed by atoms with Crippen LogP contribution in [0.2, 0.25) is 5.02 Å². The molecule has 2 fully saturated rings. The van der Waals surface area contributed by atoms with Crippen LogP contribution in [-0.4, -0.2) is 69.6 Å². The van der Waals surface area contributed by atoms with Gasteiger partial charge in [-0.15, -0.1) is 11.8 Å². The average molecular weight is 559 g/mol. The number of esters is 1. The Balaban J connectivity index is 1.66. The number of nitrogens with zero attached hydrogens (tertiary/aromatic N) is 2. The minimum Gasteiger partial charge on any atom is -0.465 e. The van der Waals surface area contributed by atoms with Crippen LogP contribution in [0.1, 0.15) is 39.5 Å². The number of likely N-dealkylation sites (tertiary alicyclic amines) is 1. The van der Waals surface area contributed by atoms with Crippen molar-refractivity contribution < 1.29 is 24.2 Å². The third kappa shape index (κ3) is 4.38. The summed E-state index contributed by atoms with van der Waals surface area (Å²) >= 11 is 8.04. The number of cyclic esters (lactones) is 1. The number of allylic oxidation sites excluding steroid dienone is 1. The first-order valence-corrected chi connectivity index (χ1v) is 14.8. The van der Waals surface area contributed by atoms with E-state index in [0.717, 1.165) is 25.7 Å². The lowest BCUT2D eigenvalue weighted by Gasteiger charge is -2.40. The standard InChI is InChI=1S/C29H35ClN2O5S/c1-3-18(2)21(17-33)32-25-27(35)31(20-12-8-7-11-19(20)30)15-10-14-29(25)24(26(32)34)23-22(38-29)13-6-4-5-9-16-37-28(23)36/h6-8,10-14,18,21-25,33H,3-5,9,15-17H2,1-2H3/b13-6-/t18-,21-,22-,23+,24-,25?,29-/m0/s1. The topological polar surface area (TPSA) is 87.2 Å². The van der Waals surface area contributed by atoms with Crippen molar-refractivity contribution in [2.75, 3.05) is 24.7 Å². The van der Waals surface area contributed by atoms with Gasteiger partial charge in [-0.05, 0) is 37.3 Å².